The van der Waals surface area contributed by atoms with Gasteiger partial charge in [0.15, 0.2) is 0 Å². The Bertz CT molecular complexity index is 415. The Kier molecular flexibility index (Phi) is 5.00. The van der Waals surface area contributed by atoms with E-state index in [1.807, 2.05) is 6.20 Å². The first-order valence-electron chi connectivity index (χ1n) is 7.64. The Morgan fingerprint density at radius 3 is 2.75 bits per heavy atom. The van der Waals surface area contributed by atoms with Gasteiger partial charge in [-0.25, -0.2) is 4.98 Å². The van der Waals surface area contributed by atoms with Gasteiger partial charge in [-0.05, 0) is 39.3 Å². The van der Waals surface area contributed by atoms with E-state index in [4.69, 9.17) is 0 Å². The van der Waals surface area contributed by atoms with Gasteiger partial charge in [-0.2, -0.15) is 0 Å². The molecule has 0 amide bonds. The molecule has 0 aliphatic carbocycles. The van der Waals surface area contributed by atoms with Crippen LogP contribution in [0.5, 0.6) is 0 Å². The van der Waals surface area contributed by atoms with Gasteiger partial charge in [0, 0.05) is 51.0 Å². The molecule has 2 unspecified atom stereocenters. The molecule has 0 radical (unpaired) electrons. The standard InChI is InChI=1S/C16H28N4/c1-12(2)19(5)16-7-6-15(10-18-16)11-20-9-8-17-13(3)14(20)4/h6-7,10,12-14,17H,8-9,11H2,1-5H3. The number of aromatic nitrogens is 1. The fraction of sp³-hybridized carbons (Fsp3) is 0.688. The molecule has 1 fully saturated rings. The van der Waals surface area contributed by atoms with Crippen molar-refractivity contribution < 1.29 is 0 Å². The van der Waals surface area contributed by atoms with Gasteiger partial charge in [-0.3, -0.25) is 4.90 Å². The molecule has 1 saturated heterocycles. The van der Waals surface area contributed by atoms with Crippen molar-refractivity contribution in [3.05, 3.63) is 23.9 Å². The summed E-state index contributed by atoms with van der Waals surface area (Å²) in [7, 11) is 2.09. The zero-order chi connectivity index (χ0) is 14.7. The number of anilines is 1. The van der Waals surface area contributed by atoms with Crippen LogP contribution in [-0.4, -0.2) is 48.1 Å². The van der Waals surface area contributed by atoms with Crippen LogP contribution in [0.25, 0.3) is 0 Å². The summed E-state index contributed by atoms with van der Waals surface area (Å²) >= 11 is 0. The van der Waals surface area contributed by atoms with E-state index in [1.165, 1.54) is 5.56 Å². The smallest absolute Gasteiger partial charge is 0.128 e. The molecule has 112 valence electrons. The zero-order valence-electron chi connectivity index (χ0n) is 13.4. The maximum Gasteiger partial charge on any atom is 0.128 e. The van der Waals surface area contributed by atoms with Crippen LogP contribution >= 0.6 is 0 Å². The van der Waals surface area contributed by atoms with Gasteiger partial charge in [-0.15, -0.1) is 0 Å². The number of hydrogen-bond acceptors (Lipinski definition) is 4. The fourth-order valence-corrected chi connectivity index (χ4v) is 2.57. The number of nitrogens with zero attached hydrogens (tertiary/aromatic N) is 3. The molecule has 1 aliphatic rings. The molecule has 4 nitrogen and oxygen atoms in total. The van der Waals surface area contributed by atoms with Crippen LogP contribution in [0.1, 0.15) is 33.3 Å². The molecule has 20 heavy (non-hydrogen) atoms. The highest BCUT2D eigenvalue weighted by molar-refractivity contribution is 5.39. The Labute approximate surface area is 123 Å². The molecule has 2 rings (SSSR count). The Morgan fingerprint density at radius 2 is 2.15 bits per heavy atom. The van der Waals surface area contributed by atoms with Crippen molar-refractivity contribution in [3.63, 3.8) is 0 Å². The minimum absolute atomic E-state index is 0.474. The molecule has 2 heterocycles. The van der Waals surface area contributed by atoms with Crippen LogP contribution in [0.3, 0.4) is 0 Å². The van der Waals surface area contributed by atoms with E-state index >= 15 is 0 Å². The van der Waals surface area contributed by atoms with Crippen LogP contribution in [0, 0.1) is 0 Å². The lowest BCUT2D eigenvalue weighted by molar-refractivity contribution is 0.130. The van der Waals surface area contributed by atoms with Gasteiger partial charge in [0.2, 0.25) is 0 Å². The van der Waals surface area contributed by atoms with Gasteiger partial charge >= 0.3 is 0 Å². The van der Waals surface area contributed by atoms with Crippen molar-refractivity contribution in [1.29, 1.82) is 0 Å². The van der Waals surface area contributed by atoms with Gasteiger partial charge in [0.1, 0.15) is 5.82 Å². The number of hydrogen-bond donors (Lipinski definition) is 1. The highest BCUT2D eigenvalue weighted by Gasteiger charge is 2.24. The second-order valence-electron chi connectivity index (χ2n) is 6.18. The van der Waals surface area contributed by atoms with E-state index in [9.17, 15) is 0 Å². The summed E-state index contributed by atoms with van der Waals surface area (Å²) in [5, 5.41) is 3.52. The summed E-state index contributed by atoms with van der Waals surface area (Å²) in [6.45, 7) is 12.1. The first-order chi connectivity index (χ1) is 9.49. The Balaban J connectivity index is 2.00. The van der Waals surface area contributed by atoms with E-state index in [1.54, 1.807) is 0 Å². The monoisotopic (exact) mass is 276 g/mol. The molecule has 0 aromatic carbocycles. The van der Waals surface area contributed by atoms with Crippen LogP contribution in [0.4, 0.5) is 5.82 Å². The molecule has 1 aliphatic heterocycles. The number of piperazine rings is 1. The minimum atomic E-state index is 0.474. The molecule has 4 heteroatoms. The van der Waals surface area contributed by atoms with Crippen molar-refractivity contribution in [2.75, 3.05) is 25.0 Å². The lowest BCUT2D eigenvalue weighted by Gasteiger charge is -2.38. The lowest BCUT2D eigenvalue weighted by Crippen LogP contribution is -2.54. The molecular weight excluding hydrogens is 248 g/mol. The summed E-state index contributed by atoms with van der Waals surface area (Å²) < 4.78 is 0. The van der Waals surface area contributed by atoms with Crippen LogP contribution in [0.2, 0.25) is 0 Å². The Morgan fingerprint density at radius 1 is 1.40 bits per heavy atom. The second-order valence-corrected chi connectivity index (χ2v) is 6.18. The molecule has 0 bridgehead atoms. The Hall–Kier alpha value is -1.13. The number of nitrogens with one attached hydrogen (secondary N) is 1. The van der Waals surface area contributed by atoms with Gasteiger partial charge in [0.05, 0.1) is 0 Å². The number of pyridine rings is 1. The van der Waals surface area contributed by atoms with Gasteiger partial charge in [0.25, 0.3) is 0 Å². The summed E-state index contributed by atoms with van der Waals surface area (Å²) in [5.74, 6) is 1.05. The van der Waals surface area contributed by atoms with Crippen molar-refractivity contribution in [2.24, 2.45) is 0 Å². The maximum absolute atomic E-state index is 4.59. The SMILES string of the molecule is CC1NCCN(Cc2ccc(N(C)C(C)C)nc2)C1C. The van der Waals surface area contributed by atoms with E-state index in [2.05, 4.69) is 67.0 Å². The van der Waals surface area contributed by atoms with Crippen molar-refractivity contribution in [3.8, 4) is 0 Å². The van der Waals surface area contributed by atoms with E-state index < -0.39 is 0 Å². The first-order valence-corrected chi connectivity index (χ1v) is 7.64. The topological polar surface area (TPSA) is 31.4 Å². The maximum atomic E-state index is 4.59. The third-order valence-electron chi connectivity index (χ3n) is 4.50. The molecule has 1 aromatic rings. The average molecular weight is 276 g/mol. The number of rotatable bonds is 4. The highest BCUT2D eigenvalue weighted by atomic mass is 15.2. The molecular formula is C16H28N4. The van der Waals surface area contributed by atoms with Crippen LogP contribution < -0.4 is 10.2 Å². The van der Waals surface area contributed by atoms with Crippen molar-refractivity contribution >= 4 is 5.82 Å². The van der Waals surface area contributed by atoms with Crippen molar-refractivity contribution in [2.45, 2.75) is 52.4 Å². The largest absolute Gasteiger partial charge is 0.357 e. The minimum Gasteiger partial charge on any atom is -0.357 e. The third kappa shape index (κ3) is 3.49. The van der Waals surface area contributed by atoms with Gasteiger partial charge in [-0.1, -0.05) is 6.07 Å². The zero-order valence-corrected chi connectivity index (χ0v) is 13.4. The molecule has 0 spiro atoms. The van der Waals surface area contributed by atoms with E-state index in [0.29, 0.717) is 18.1 Å². The molecule has 1 aromatic heterocycles. The predicted octanol–water partition coefficient (Wildman–Crippen LogP) is 2.11. The average Bonchev–Trinajstić information content (AvgIpc) is 2.44. The normalized spacial score (nSPS) is 24.1. The van der Waals surface area contributed by atoms with Crippen LogP contribution in [0.15, 0.2) is 18.3 Å². The van der Waals surface area contributed by atoms with Crippen LogP contribution in [-0.2, 0) is 6.54 Å². The second kappa shape index (κ2) is 6.55. The third-order valence-corrected chi connectivity index (χ3v) is 4.50. The first kappa shape index (κ1) is 15.3. The predicted molar refractivity (Wildman–Crippen MR) is 85.1 cm³/mol. The summed E-state index contributed by atoms with van der Waals surface area (Å²) in [6, 6.07) is 5.94. The fourth-order valence-electron chi connectivity index (χ4n) is 2.57. The van der Waals surface area contributed by atoms with E-state index in [0.717, 1.165) is 25.5 Å². The highest BCUT2D eigenvalue weighted by Crippen LogP contribution is 2.16. The molecule has 2 atom stereocenters. The quantitative estimate of drug-likeness (QED) is 0.912. The van der Waals surface area contributed by atoms with Gasteiger partial charge < -0.3 is 10.2 Å². The lowest BCUT2D eigenvalue weighted by atomic mass is 10.1. The summed E-state index contributed by atoms with van der Waals surface area (Å²) in [4.78, 5) is 9.32. The van der Waals surface area contributed by atoms with E-state index in [-0.39, 0.29) is 0 Å². The molecule has 1 N–H and O–H groups in total. The van der Waals surface area contributed by atoms with Crippen molar-refractivity contribution in [1.82, 2.24) is 15.2 Å². The summed E-state index contributed by atoms with van der Waals surface area (Å²) in [5.41, 5.74) is 1.30. The summed E-state index contributed by atoms with van der Waals surface area (Å²) in [6.07, 6.45) is 2.02. The molecule has 0 saturated carbocycles.